The van der Waals surface area contributed by atoms with Crippen molar-refractivity contribution in [3.05, 3.63) is 59.4 Å². The molecule has 1 aromatic carbocycles. The third kappa shape index (κ3) is 4.48. The van der Waals surface area contributed by atoms with E-state index in [2.05, 4.69) is 30.0 Å². The molecule has 9 nitrogen and oxygen atoms in total. The summed E-state index contributed by atoms with van der Waals surface area (Å²) in [7, 11) is 0. The van der Waals surface area contributed by atoms with Crippen molar-refractivity contribution in [2.75, 3.05) is 17.2 Å². The number of hydrogen-bond acceptors (Lipinski definition) is 6. The minimum atomic E-state index is -0.853. The zero-order valence-electron chi connectivity index (χ0n) is 16.0. The Kier molecular flexibility index (Phi) is 5.54. The Morgan fingerprint density at radius 3 is 2.77 bits per heavy atom. The summed E-state index contributed by atoms with van der Waals surface area (Å²) in [5, 5.41) is 5.55. The fourth-order valence-corrected chi connectivity index (χ4v) is 3.00. The summed E-state index contributed by atoms with van der Waals surface area (Å²) >= 11 is 6.32. The standard InChI is InChI=1S/C20H15ClFN5O4/c1-2-30-20(29)25-11-8-14-18(23-9-11)27-17(26-14)12-7-10(3-4-13(12)21)24-19(28)15-5-6-16(22)31-15/h3-9H,2H2,1H3,(H,24,28)(H,25,29)(H,23,26,27). The molecule has 4 rings (SSSR count). The molecular weight excluding hydrogens is 429 g/mol. The first-order valence-corrected chi connectivity index (χ1v) is 9.47. The Balaban J connectivity index is 1.60. The molecule has 3 heterocycles. The second-order valence-corrected chi connectivity index (χ2v) is 6.69. The first-order valence-electron chi connectivity index (χ1n) is 9.09. The molecule has 3 aromatic heterocycles. The number of benzene rings is 1. The lowest BCUT2D eigenvalue weighted by molar-refractivity contribution is 0.0988. The van der Waals surface area contributed by atoms with Crippen LogP contribution in [0.4, 0.5) is 20.6 Å². The molecule has 0 saturated heterocycles. The minimum absolute atomic E-state index is 0.163. The molecule has 0 aliphatic carbocycles. The lowest BCUT2D eigenvalue weighted by Crippen LogP contribution is -2.13. The maximum Gasteiger partial charge on any atom is 0.411 e. The zero-order chi connectivity index (χ0) is 22.0. The quantitative estimate of drug-likeness (QED) is 0.406. The second-order valence-electron chi connectivity index (χ2n) is 6.28. The number of hydrogen-bond donors (Lipinski definition) is 3. The molecule has 158 valence electrons. The van der Waals surface area contributed by atoms with Gasteiger partial charge in [0.15, 0.2) is 11.4 Å². The third-order valence-electron chi connectivity index (χ3n) is 4.14. The Morgan fingerprint density at radius 1 is 1.19 bits per heavy atom. The zero-order valence-corrected chi connectivity index (χ0v) is 16.8. The number of nitrogens with zero attached hydrogens (tertiary/aromatic N) is 2. The highest BCUT2D eigenvalue weighted by atomic mass is 35.5. The molecule has 2 amide bonds. The highest BCUT2D eigenvalue weighted by Gasteiger charge is 2.15. The van der Waals surface area contributed by atoms with Gasteiger partial charge in [0.1, 0.15) is 5.82 Å². The van der Waals surface area contributed by atoms with Crippen LogP contribution < -0.4 is 10.6 Å². The summed E-state index contributed by atoms with van der Waals surface area (Å²) in [5.41, 5.74) is 2.29. The third-order valence-corrected chi connectivity index (χ3v) is 4.47. The van der Waals surface area contributed by atoms with Crippen molar-refractivity contribution >= 4 is 46.1 Å². The summed E-state index contributed by atoms with van der Waals surface area (Å²) in [6.45, 7) is 1.95. The number of amides is 2. The average Bonchev–Trinajstić information content (AvgIpc) is 3.35. The molecule has 0 aliphatic rings. The van der Waals surface area contributed by atoms with Gasteiger partial charge in [0.05, 0.1) is 29.0 Å². The normalized spacial score (nSPS) is 10.8. The summed E-state index contributed by atoms with van der Waals surface area (Å²) in [5.74, 6) is -0.373. The number of carbonyl (C=O) groups is 2. The van der Waals surface area contributed by atoms with Gasteiger partial charge >= 0.3 is 6.09 Å². The highest BCUT2D eigenvalue weighted by molar-refractivity contribution is 6.33. The van der Waals surface area contributed by atoms with Crippen molar-refractivity contribution in [3.8, 4) is 11.4 Å². The van der Waals surface area contributed by atoms with Crippen LogP contribution >= 0.6 is 11.6 Å². The first kappa shape index (κ1) is 20.4. The predicted octanol–water partition coefficient (Wildman–Crippen LogP) is 4.83. The van der Waals surface area contributed by atoms with Gasteiger partial charge in [0.2, 0.25) is 0 Å². The van der Waals surface area contributed by atoms with E-state index in [4.69, 9.17) is 16.3 Å². The number of aromatic nitrogens is 3. The van der Waals surface area contributed by atoms with Gasteiger partial charge < -0.3 is 19.5 Å². The van der Waals surface area contributed by atoms with E-state index in [1.54, 1.807) is 31.2 Å². The van der Waals surface area contributed by atoms with Crippen LogP contribution in [-0.2, 0) is 4.74 Å². The molecule has 0 saturated carbocycles. The van der Waals surface area contributed by atoms with Crippen LogP contribution in [0, 0.1) is 6.01 Å². The number of imidazole rings is 1. The number of pyridine rings is 1. The molecule has 0 aliphatic heterocycles. The van der Waals surface area contributed by atoms with E-state index >= 15 is 0 Å². The van der Waals surface area contributed by atoms with E-state index in [0.717, 1.165) is 6.07 Å². The number of rotatable bonds is 5. The molecule has 3 N–H and O–H groups in total. The predicted molar refractivity (Wildman–Crippen MR) is 112 cm³/mol. The lowest BCUT2D eigenvalue weighted by atomic mass is 10.2. The van der Waals surface area contributed by atoms with Crippen LogP contribution in [0.25, 0.3) is 22.6 Å². The number of anilines is 2. The first-order chi connectivity index (χ1) is 14.9. The Hall–Kier alpha value is -3.92. The Labute approximate surface area is 179 Å². The lowest BCUT2D eigenvalue weighted by Gasteiger charge is -2.07. The molecule has 0 spiro atoms. The average molecular weight is 444 g/mol. The molecule has 0 unspecified atom stereocenters. The van der Waals surface area contributed by atoms with Gasteiger partial charge in [-0.25, -0.2) is 14.8 Å². The van der Waals surface area contributed by atoms with Gasteiger partial charge in [-0.2, -0.15) is 4.39 Å². The summed E-state index contributed by atoms with van der Waals surface area (Å²) in [6, 6.07) is 7.86. The number of halogens is 2. The monoisotopic (exact) mass is 443 g/mol. The summed E-state index contributed by atoms with van der Waals surface area (Å²) in [4.78, 5) is 35.5. The number of fused-ring (bicyclic) bond motifs is 1. The van der Waals surface area contributed by atoms with E-state index in [1.165, 1.54) is 12.3 Å². The fourth-order valence-electron chi connectivity index (χ4n) is 2.79. The fraction of sp³-hybridized carbons (Fsp3) is 0.100. The van der Waals surface area contributed by atoms with Crippen molar-refractivity contribution in [1.82, 2.24) is 15.0 Å². The molecule has 0 atom stereocenters. The highest BCUT2D eigenvalue weighted by Crippen LogP contribution is 2.30. The molecular formula is C20H15ClFN5O4. The Bertz CT molecular complexity index is 1290. The van der Waals surface area contributed by atoms with Crippen molar-refractivity contribution in [2.45, 2.75) is 6.92 Å². The number of ether oxygens (including phenoxy) is 1. The van der Waals surface area contributed by atoms with E-state index < -0.39 is 18.0 Å². The van der Waals surface area contributed by atoms with Crippen LogP contribution in [-0.4, -0.2) is 33.6 Å². The smallest absolute Gasteiger partial charge is 0.411 e. The topological polar surface area (TPSA) is 122 Å². The second kappa shape index (κ2) is 8.44. The van der Waals surface area contributed by atoms with Crippen molar-refractivity contribution in [3.63, 3.8) is 0 Å². The SMILES string of the molecule is CCOC(=O)Nc1cnc2nc(-c3cc(NC(=O)c4ccc(F)o4)ccc3Cl)[nH]c2c1. The van der Waals surface area contributed by atoms with Crippen LogP contribution in [0.3, 0.4) is 0 Å². The maximum absolute atomic E-state index is 13.0. The number of furan rings is 1. The molecule has 11 heteroatoms. The van der Waals surface area contributed by atoms with Gasteiger partial charge in [-0.1, -0.05) is 11.6 Å². The summed E-state index contributed by atoms with van der Waals surface area (Å²) in [6.07, 6.45) is 0.858. The van der Waals surface area contributed by atoms with Crippen molar-refractivity contribution < 1.29 is 23.1 Å². The minimum Gasteiger partial charge on any atom is -0.450 e. The van der Waals surface area contributed by atoms with Crippen molar-refractivity contribution in [2.24, 2.45) is 0 Å². The number of carbonyl (C=O) groups excluding carboxylic acids is 2. The van der Waals surface area contributed by atoms with Gasteiger partial charge in [-0.05, 0) is 37.3 Å². The van der Waals surface area contributed by atoms with Crippen LogP contribution in [0.5, 0.6) is 0 Å². The number of aromatic amines is 1. The van der Waals surface area contributed by atoms with Crippen molar-refractivity contribution in [1.29, 1.82) is 0 Å². The van der Waals surface area contributed by atoms with Crippen LogP contribution in [0.15, 0.2) is 47.0 Å². The number of nitrogens with one attached hydrogen (secondary N) is 3. The van der Waals surface area contributed by atoms with Gasteiger partial charge in [0, 0.05) is 17.3 Å². The van der Waals surface area contributed by atoms with Crippen LogP contribution in [0.1, 0.15) is 17.5 Å². The molecule has 0 bridgehead atoms. The largest absolute Gasteiger partial charge is 0.450 e. The van der Waals surface area contributed by atoms with Gasteiger partial charge in [-0.3, -0.25) is 10.1 Å². The van der Waals surface area contributed by atoms with E-state index in [1.807, 2.05) is 0 Å². The Morgan fingerprint density at radius 2 is 2.03 bits per heavy atom. The van der Waals surface area contributed by atoms with E-state index in [-0.39, 0.29) is 12.4 Å². The van der Waals surface area contributed by atoms with Crippen LogP contribution in [0.2, 0.25) is 5.02 Å². The van der Waals surface area contributed by atoms with Gasteiger partial charge in [-0.15, -0.1) is 0 Å². The molecule has 4 aromatic rings. The number of H-pyrrole nitrogens is 1. The summed E-state index contributed by atoms with van der Waals surface area (Å²) < 4.78 is 22.5. The van der Waals surface area contributed by atoms with E-state index in [0.29, 0.717) is 38.9 Å². The molecule has 0 fully saturated rings. The maximum atomic E-state index is 13.0. The van der Waals surface area contributed by atoms with E-state index in [9.17, 15) is 14.0 Å². The van der Waals surface area contributed by atoms with Gasteiger partial charge in [0.25, 0.3) is 11.9 Å². The molecule has 0 radical (unpaired) electrons. The molecule has 31 heavy (non-hydrogen) atoms.